The van der Waals surface area contributed by atoms with Crippen LogP contribution in [0.15, 0.2) is 68.9 Å². The first kappa shape index (κ1) is 22.0. The number of nitro groups is 1. The van der Waals surface area contributed by atoms with Crippen LogP contribution in [-0.4, -0.2) is 39.0 Å². The van der Waals surface area contributed by atoms with Crippen molar-refractivity contribution in [3.05, 3.63) is 86.5 Å². The van der Waals surface area contributed by atoms with Gasteiger partial charge in [0.2, 0.25) is 0 Å². The van der Waals surface area contributed by atoms with Crippen LogP contribution in [0.3, 0.4) is 0 Å². The molecule has 0 unspecified atom stereocenters. The maximum atomic E-state index is 12.7. The molecule has 3 aromatic rings. The highest BCUT2D eigenvalue weighted by Gasteiger charge is 2.30. The van der Waals surface area contributed by atoms with E-state index < -0.39 is 10.9 Å². The number of carboxylic acid groups (broad SMARTS) is 1. The van der Waals surface area contributed by atoms with Crippen molar-refractivity contribution >= 4 is 46.3 Å². The van der Waals surface area contributed by atoms with E-state index in [-0.39, 0.29) is 17.2 Å². The number of amides is 1. The molecule has 0 radical (unpaired) electrons. The first-order valence-electron chi connectivity index (χ1n) is 9.68. The van der Waals surface area contributed by atoms with Gasteiger partial charge in [-0.05, 0) is 66.7 Å². The van der Waals surface area contributed by atoms with Crippen LogP contribution in [0.4, 0.5) is 11.4 Å². The number of aryl methyl sites for hydroxylation is 1. The number of hydrogen-bond donors (Lipinski definition) is 1. The summed E-state index contributed by atoms with van der Waals surface area (Å²) in [5.41, 5.74) is 2.11. The highest BCUT2D eigenvalue weighted by Crippen LogP contribution is 2.35. The highest BCUT2D eigenvalue weighted by atomic mass is 32.2. The lowest BCUT2D eigenvalue weighted by atomic mass is 10.1. The van der Waals surface area contributed by atoms with E-state index in [1.54, 1.807) is 50.4 Å². The zero-order valence-electron chi connectivity index (χ0n) is 17.5. The highest BCUT2D eigenvalue weighted by molar-refractivity contribution is 8.18. The number of carbonyl (C=O) groups is 2. The number of thioether (sulfide) groups is 1. The van der Waals surface area contributed by atoms with E-state index in [1.165, 1.54) is 40.9 Å². The van der Waals surface area contributed by atoms with E-state index in [2.05, 4.69) is 4.99 Å². The van der Waals surface area contributed by atoms with Gasteiger partial charge in [0.15, 0.2) is 5.17 Å². The number of aliphatic imine (C=N–C) groups is 1. The number of furan rings is 1. The van der Waals surface area contributed by atoms with Gasteiger partial charge in [-0.1, -0.05) is 0 Å². The zero-order chi connectivity index (χ0) is 23.7. The van der Waals surface area contributed by atoms with Gasteiger partial charge in [0.05, 0.1) is 21.1 Å². The van der Waals surface area contributed by atoms with Crippen molar-refractivity contribution in [1.29, 1.82) is 0 Å². The molecule has 1 aliphatic rings. The van der Waals surface area contributed by atoms with Gasteiger partial charge in [-0.2, -0.15) is 0 Å². The number of carboxylic acids is 1. The van der Waals surface area contributed by atoms with Gasteiger partial charge in [-0.25, -0.2) is 9.79 Å². The molecule has 9 nitrogen and oxygen atoms in total. The van der Waals surface area contributed by atoms with E-state index in [0.29, 0.717) is 32.8 Å². The number of non-ortho nitro benzene ring substituents is 1. The minimum absolute atomic E-state index is 0.00514. The van der Waals surface area contributed by atoms with Gasteiger partial charge in [-0.15, -0.1) is 0 Å². The monoisotopic (exact) mass is 463 g/mol. The van der Waals surface area contributed by atoms with Crippen LogP contribution in [0.1, 0.15) is 21.7 Å². The second-order valence-corrected chi connectivity index (χ2v) is 8.19. The van der Waals surface area contributed by atoms with Crippen LogP contribution < -0.4 is 0 Å². The number of hydrogen-bond acceptors (Lipinski definition) is 7. The molecule has 1 fully saturated rings. The summed E-state index contributed by atoms with van der Waals surface area (Å²) < 4.78 is 5.86. The van der Waals surface area contributed by atoms with Crippen molar-refractivity contribution in [2.75, 3.05) is 7.05 Å². The predicted octanol–water partition coefficient (Wildman–Crippen LogP) is 5.10. The molecule has 33 heavy (non-hydrogen) atoms. The molecule has 0 aliphatic carbocycles. The number of nitrogens with zero attached hydrogens (tertiary/aromatic N) is 3. The van der Waals surface area contributed by atoms with Crippen molar-refractivity contribution in [2.45, 2.75) is 6.92 Å². The van der Waals surface area contributed by atoms with E-state index in [1.807, 2.05) is 0 Å². The van der Waals surface area contributed by atoms with Crippen molar-refractivity contribution < 1.29 is 24.0 Å². The fourth-order valence-corrected chi connectivity index (χ4v) is 4.15. The van der Waals surface area contributed by atoms with Gasteiger partial charge in [-0.3, -0.25) is 19.8 Å². The second kappa shape index (κ2) is 8.75. The van der Waals surface area contributed by atoms with Crippen LogP contribution >= 0.6 is 11.8 Å². The minimum atomic E-state index is -1.02. The number of nitro benzene ring substituents is 1. The Kier molecular flexibility index (Phi) is 5.84. The van der Waals surface area contributed by atoms with Gasteiger partial charge < -0.3 is 9.52 Å². The van der Waals surface area contributed by atoms with E-state index in [0.717, 1.165) is 5.56 Å². The lowest BCUT2D eigenvalue weighted by molar-refractivity contribution is -0.384. The standard InChI is InChI=1S/C23H17N3O6S/c1-13-11-16(26(30)31)7-9-18(13)19-10-8-17(32-19)12-20-21(27)25(2)23(33-20)24-15-5-3-14(4-6-15)22(28)29/h3-12H,1-2H3,(H,28,29)/b20-12-,24-23?. The molecule has 1 amide bonds. The Bertz CT molecular complexity index is 1340. The maximum Gasteiger partial charge on any atom is 0.335 e. The van der Waals surface area contributed by atoms with Crippen LogP contribution in [0, 0.1) is 17.0 Å². The molecule has 10 heteroatoms. The fourth-order valence-electron chi connectivity index (χ4n) is 3.18. The Labute approximate surface area is 192 Å². The Morgan fingerprint density at radius 1 is 1.18 bits per heavy atom. The van der Waals surface area contributed by atoms with Crippen molar-refractivity contribution in [3.63, 3.8) is 0 Å². The number of likely N-dealkylation sites (N-methyl/N-ethyl adjacent to an activating group) is 1. The third-order valence-corrected chi connectivity index (χ3v) is 5.99. The van der Waals surface area contributed by atoms with Gasteiger partial charge in [0.1, 0.15) is 11.5 Å². The lowest BCUT2D eigenvalue weighted by Gasteiger charge is -2.07. The molecule has 1 aliphatic heterocycles. The molecule has 0 saturated carbocycles. The summed E-state index contributed by atoms with van der Waals surface area (Å²) in [6, 6.07) is 14.0. The summed E-state index contributed by atoms with van der Waals surface area (Å²) in [7, 11) is 1.61. The molecule has 2 aromatic carbocycles. The summed E-state index contributed by atoms with van der Waals surface area (Å²) in [6.07, 6.45) is 1.61. The van der Waals surface area contributed by atoms with Gasteiger partial charge in [0.25, 0.3) is 11.6 Å². The summed E-state index contributed by atoms with van der Waals surface area (Å²) in [5.74, 6) is -0.279. The van der Waals surface area contributed by atoms with E-state index >= 15 is 0 Å². The molecule has 0 bridgehead atoms. The largest absolute Gasteiger partial charge is 0.478 e. The quantitative estimate of drug-likeness (QED) is 0.317. The molecule has 4 rings (SSSR count). The first-order valence-corrected chi connectivity index (χ1v) is 10.5. The smallest absolute Gasteiger partial charge is 0.335 e. The van der Waals surface area contributed by atoms with E-state index in [9.17, 15) is 19.7 Å². The fraction of sp³-hybridized carbons (Fsp3) is 0.0870. The summed E-state index contributed by atoms with van der Waals surface area (Å²) in [5, 5.41) is 20.4. The van der Waals surface area contributed by atoms with Crippen LogP contribution in [-0.2, 0) is 4.79 Å². The van der Waals surface area contributed by atoms with E-state index in [4.69, 9.17) is 9.52 Å². The normalized spacial score (nSPS) is 16.1. The summed E-state index contributed by atoms with van der Waals surface area (Å²) in [4.78, 5) is 40.4. The molecule has 1 aromatic heterocycles. The lowest BCUT2D eigenvalue weighted by Crippen LogP contribution is -2.23. The van der Waals surface area contributed by atoms with Gasteiger partial charge >= 0.3 is 5.97 Å². The average Bonchev–Trinajstić information content (AvgIpc) is 3.34. The predicted molar refractivity (Wildman–Crippen MR) is 124 cm³/mol. The Morgan fingerprint density at radius 3 is 2.55 bits per heavy atom. The SMILES string of the molecule is Cc1cc([N+](=O)[O-])ccc1-c1ccc(/C=C2\SC(=Nc3ccc(C(=O)O)cc3)N(C)C2=O)o1. The topological polar surface area (TPSA) is 126 Å². The van der Waals surface area contributed by atoms with Crippen LogP contribution in [0.2, 0.25) is 0 Å². The number of rotatable bonds is 5. The first-order chi connectivity index (χ1) is 15.7. The molecule has 0 atom stereocenters. The molecule has 1 N–H and O–H groups in total. The van der Waals surface area contributed by atoms with Crippen molar-refractivity contribution in [1.82, 2.24) is 4.90 Å². The Hall–Kier alpha value is -4.18. The Morgan fingerprint density at radius 2 is 1.91 bits per heavy atom. The molecular formula is C23H17N3O6S. The van der Waals surface area contributed by atoms with Gasteiger partial charge in [0, 0.05) is 30.8 Å². The second-order valence-electron chi connectivity index (χ2n) is 7.18. The number of carbonyl (C=O) groups excluding carboxylic acids is 1. The third-order valence-electron chi connectivity index (χ3n) is 4.93. The molecular weight excluding hydrogens is 446 g/mol. The number of amidine groups is 1. The third kappa shape index (κ3) is 4.55. The van der Waals surface area contributed by atoms with Crippen molar-refractivity contribution in [3.8, 4) is 11.3 Å². The Balaban J connectivity index is 1.56. The van der Waals surface area contributed by atoms with Crippen molar-refractivity contribution in [2.24, 2.45) is 4.99 Å². The minimum Gasteiger partial charge on any atom is -0.478 e. The maximum absolute atomic E-state index is 12.7. The number of benzene rings is 2. The molecule has 0 spiro atoms. The molecule has 2 heterocycles. The summed E-state index contributed by atoms with van der Waals surface area (Å²) >= 11 is 1.18. The average molecular weight is 463 g/mol. The van der Waals surface area contributed by atoms with Crippen LogP contribution in [0.5, 0.6) is 0 Å². The molecule has 166 valence electrons. The summed E-state index contributed by atoms with van der Waals surface area (Å²) in [6.45, 7) is 1.76. The zero-order valence-corrected chi connectivity index (χ0v) is 18.3. The van der Waals surface area contributed by atoms with Crippen LogP contribution in [0.25, 0.3) is 17.4 Å². The number of aromatic carboxylic acids is 1. The molecule has 1 saturated heterocycles.